The van der Waals surface area contributed by atoms with Crippen LogP contribution in [0.1, 0.15) is 45.4 Å². The van der Waals surface area contributed by atoms with Crippen molar-refractivity contribution in [1.29, 1.82) is 0 Å². The van der Waals surface area contributed by atoms with Crippen LogP contribution in [-0.2, 0) is 14.8 Å². The third-order valence-corrected chi connectivity index (χ3v) is 5.68. The number of rotatable bonds is 4. The highest BCUT2D eigenvalue weighted by molar-refractivity contribution is 7.88. The highest BCUT2D eigenvalue weighted by Gasteiger charge is 2.46. The Hall–Kier alpha value is -0.660. The molecule has 1 saturated carbocycles. The van der Waals surface area contributed by atoms with E-state index >= 15 is 0 Å². The van der Waals surface area contributed by atoms with Gasteiger partial charge in [-0.1, -0.05) is 6.42 Å². The molecule has 0 aromatic rings. The summed E-state index contributed by atoms with van der Waals surface area (Å²) in [6.45, 7) is 2.97. The molecule has 1 heterocycles. The molecular formula is C14H27N3O3S. The third kappa shape index (κ3) is 3.76. The van der Waals surface area contributed by atoms with E-state index in [0.29, 0.717) is 13.1 Å². The van der Waals surface area contributed by atoms with E-state index in [4.69, 9.17) is 5.73 Å². The van der Waals surface area contributed by atoms with Crippen molar-refractivity contribution in [2.24, 2.45) is 11.1 Å². The van der Waals surface area contributed by atoms with Crippen LogP contribution in [0.4, 0.5) is 0 Å². The van der Waals surface area contributed by atoms with Gasteiger partial charge < -0.3 is 10.6 Å². The molecule has 2 rings (SSSR count). The summed E-state index contributed by atoms with van der Waals surface area (Å²) >= 11 is 0. The maximum absolute atomic E-state index is 12.9. The smallest absolute Gasteiger partial charge is 0.230 e. The molecule has 21 heavy (non-hydrogen) atoms. The number of amides is 1. The van der Waals surface area contributed by atoms with E-state index in [1.165, 1.54) is 0 Å². The quantitative estimate of drug-likeness (QED) is 0.786. The van der Waals surface area contributed by atoms with Crippen LogP contribution >= 0.6 is 0 Å². The molecule has 6 nitrogen and oxygen atoms in total. The highest BCUT2D eigenvalue weighted by atomic mass is 32.2. The summed E-state index contributed by atoms with van der Waals surface area (Å²) in [5, 5.41) is 0. The van der Waals surface area contributed by atoms with E-state index in [9.17, 15) is 13.2 Å². The van der Waals surface area contributed by atoms with E-state index in [-0.39, 0.29) is 18.0 Å². The van der Waals surface area contributed by atoms with Gasteiger partial charge in [0.15, 0.2) is 0 Å². The van der Waals surface area contributed by atoms with Crippen molar-refractivity contribution in [3.05, 3.63) is 0 Å². The van der Waals surface area contributed by atoms with E-state index in [0.717, 1.165) is 44.8 Å². The fourth-order valence-electron chi connectivity index (χ4n) is 3.51. The number of nitrogens with two attached hydrogens (primary N) is 1. The SMILES string of the molecule is CC1(C(=O)N2CCCCC2CNS(C)(=O)=O)CCCC1N. The lowest BCUT2D eigenvalue weighted by atomic mass is 9.82. The molecule has 1 saturated heterocycles. The molecule has 3 unspecified atom stereocenters. The van der Waals surface area contributed by atoms with Gasteiger partial charge in [-0.2, -0.15) is 0 Å². The topological polar surface area (TPSA) is 92.5 Å². The first kappa shape index (κ1) is 16.7. The van der Waals surface area contributed by atoms with E-state index < -0.39 is 15.4 Å². The number of likely N-dealkylation sites (tertiary alicyclic amines) is 1. The Morgan fingerprint density at radius 1 is 1.33 bits per heavy atom. The monoisotopic (exact) mass is 317 g/mol. The average molecular weight is 317 g/mol. The van der Waals surface area contributed by atoms with Crippen molar-refractivity contribution in [2.75, 3.05) is 19.3 Å². The number of carbonyl (C=O) groups excluding carboxylic acids is 1. The maximum atomic E-state index is 12.9. The van der Waals surface area contributed by atoms with Crippen molar-refractivity contribution in [3.63, 3.8) is 0 Å². The summed E-state index contributed by atoms with van der Waals surface area (Å²) in [5.74, 6) is 0.104. The van der Waals surface area contributed by atoms with E-state index in [2.05, 4.69) is 4.72 Å². The lowest BCUT2D eigenvalue weighted by molar-refractivity contribution is -0.145. The van der Waals surface area contributed by atoms with Gasteiger partial charge in [-0.3, -0.25) is 4.79 Å². The second-order valence-electron chi connectivity index (χ2n) is 6.68. The average Bonchev–Trinajstić information content (AvgIpc) is 2.76. The largest absolute Gasteiger partial charge is 0.338 e. The van der Waals surface area contributed by atoms with Gasteiger partial charge in [-0.25, -0.2) is 13.1 Å². The molecule has 0 aromatic heterocycles. The number of nitrogens with one attached hydrogen (secondary N) is 1. The number of carbonyl (C=O) groups is 1. The van der Waals surface area contributed by atoms with Gasteiger partial charge in [0.1, 0.15) is 0 Å². The molecule has 1 aliphatic carbocycles. The van der Waals surface area contributed by atoms with Gasteiger partial charge in [0, 0.05) is 25.2 Å². The van der Waals surface area contributed by atoms with Crippen LogP contribution in [-0.4, -0.2) is 50.7 Å². The minimum atomic E-state index is -3.23. The molecule has 1 aliphatic heterocycles. The molecule has 3 atom stereocenters. The van der Waals surface area contributed by atoms with Gasteiger partial charge in [-0.15, -0.1) is 0 Å². The van der Waals surface area contributed by atoms with Crippen LogP contribution in [0.5, 0.6) is 0 Å². The summed E-state index contributed by atoms with van der Waals surface area (Å²) < 4.78 is 25.1. The fraction of sp³-hybridized carbons (Fsp3) is 0.929. The molecule has 7 heteroatoms. The van der Waals surface area contributed by atoms with Crippen molar-refractivity contribution in [2.45, 2.75) is 57.5 Å². The number of hydrogen-bond donors (Lipinski definition) is 2. The van der Waals surface area contributed by atoms with Gasteiger partial charge in [0.25, 0.3) is 0 Å². The molecule has 122 valence electrons. The van der Waals surface area contributed by atoms with Crippen LogP contribution < -0.4 is 10.5 Å². The summed E-state index contributed by atoms with van der Waals surface area (Å²) in [6, 6.07) is -0.138. The standard InChI is InChI=1S/C14H27N3O3S/c1-14(8-5-7-12(14)15)13(18)17-9-4-3-6-11(17)10-16-21(2,19)20/h11-12,16H,3-10,15H2,1-2H3. The van der Waals surface area contributed by atoms with Crippen LogP contribution in [0, 0.1) is 5.41 Å². The lowest BCUT2D eigenvalue weighted by Crippen LogP contribution is -2.56. The van der Waals surface area contributed by atoms with Crippen LogP contribution in [0.15, 0.2) is 0 Å². The van der Waals surface area contributed by atoms with Gasteiger partial charge in [0.2, 0.25) is 15.9 Å². The lowest BCUT2D eigenvalue weighted by Gasteiger charge is -2.41. The summed E-state index contributed by atoms with van der Waals surface area (Å²) in [7, 11) is -3.23. The van der Waals surface area contributed by atoms with Gasteiger partial charge in [0.05, 0.1) is 11.7 Å². The zero-order valence-corrected chi connectivity index (χ0v) is 13.8. The van der Waals surface area contributed by atoms with Crippen LogP contribution in [0.25, 0.3) is 0 Å². The fourth-order valence-corrected chi connectivity index (χ4v) is 4.01. The number of piperidine rings is 1. The predicted molar refractivity (Wildman–Crippen MR) is 82.1 cm³/mol. The summed E-state index contributed by atoms with van der Waals surface area (Å²) in [6.07, 6.45) is 6.71. The third-order valence-electron chi connectivity index (χ3n) is 4.99. The summed E-state index contributed by atoms with van der Waals surface area (Å²) in [4.78, 5) is 14.8. The Bertz CT molecular complexity index is 494. The number of nitrogens with zero attached hydrogens (tertiary/aromatic N) is 1. The molecule has 2 aliphatic rings. The Kier molecular flexibility index (Phi) is 4.95. The molecule has 0 bridgehead atoms. The molecule has 0 spiro atoms. The Labute approximate surface area is 127 Å². The second kappa shape index (κ2) is 6.22. The Morgan fingerprint density at radius 3 is 2.62 bits per heavy atom. The van der Waals surface area contributed by atoms with E-state index in [1.807, 2.05) is 11.8 Å². The number of sulfonamides is 1. The number of hydrogen-bond acceptors (Lipinski definition) is 4. The van der Waals surface area contributed by atoms with Gasteiger partial charge >= 0.3 is 0 Å². The zero-order valence-electron chi connectivity index (χ0n) is 13.0. The Morgan fingerprint density at radius 2 is 2.05 bits per heavy atom. The molecular weight excluding hydrogens is 290 g/mol. The van der Waals surface area contributed by atoms with Crippen molar-refractivity contribution in [1.82, 2.24) is 9.62 Å². The first-order chi connectivity index (χ1) is 9.74. The van der Waals surface area contributed by atoms with Crippen molar-refractivity contribution < 1.29 is 13.2 Å². The van der Waals surface area contributed by atoms with Crippen molar-refractivity contribution in [3.8, 4) is 0 Å². The molecule has 3 N–H and O–H groups in total. The van der Waals surface area contributed by atoms with Gasteiger partial charge in [-0.05, 0) is 39.0 Å². The second-order valence-corrected chi connectivity index (χ2v) is 8.52. The van der Waals surface area contributed by atoms with Crippen LogP contribution in [0.2, 0.25) is 0 Å². The molecule has 2 fully saturated rings. The predicted octanol–water partition coefficient (Wildman–Crippen LogP) is 0.434. The highest BCUT2D eigenvalue weighted by Crippen LogP contribution is 2.39. The minimum absolute atomic E-state index is 0.0504. The maximum Gasteiger partial charge on any atom is 0.230 e. The normalized spacial score (nSPS) is 34.1. The first-order valence-corrected chi connectivity index (χ1v) is 9.64. The molecule has 1 amide bonds. The zero-order chi connectivity index (χ0) is 15.7. The Balaban J connectivity index is 2.09. The molecule has 0 radical (unpaired) electrons. The minimum Gasteiger partial charge on any atom is -0.338 e. The summed E-state index contributed by atoms with van der Waals surface area (Å²) in [5.41, 5.74) is 5.67. The van der Waals surface area contributed by atoms with Crippen molar-refractivity contribution >= 4 is 15.9 Å². The van der Waals surface area contributed by atoms with Crippen LogP contribution in [0.3, 0.4) is 0 Å². The molecule has 0 aromatic carbocycles. The first-order valence-electron chi connectivity index (χ1n) is 7.75. The van der Waals surface area contributed by atoms with E-state index in [1.54, 1.807) is 0 Å².